The predicted octanol–water partition coefficient (Wildman–Crippen LogP) is 5.22. The van der Waals surface area contributed by atoms with Gasteiger partial charge in [0, 0.05) is 42.2 Å². The lowest BCUT2D eigenvalue weighted by atomic mass is 10.1. The lowest BCUT2D eigenvalue weighted by Gasteiger charge is -2.21. The highest BCUT2D eigenvalue weighted by molar-refractivity contribution is 8.00. The average molecular weight is 393 g/mol. The van der Waals surface area contributed by atoms with Gasteiger partial charge in [0.25, 0.3) is 0 Å². The molecule has 2 aromatic carbocycles. The van der Waals surface area contributed by atoms with Gasteiger partial charge in [0.15, 0.2) is 0 Å². The molecule has 1 aliphatic heterocycles. The van der Waals surface area contributed by atoms with Crippen LogP contribution in [0.3, 0.4) is 0 Å². The number of hydrogen-bond acceptors (Lipinski definition) is 5. The smallest absolute Gasteiger partial charge is 0.343 e. The molecule has 0 saturated carbocycles. The van der Waals surface area contributed by atoms with E-state index in [1.165, 1.54) is 10.6 Å². The summed E-state index contributed by atoms with van der Waals surface area (Å²) in [5.41, 5.74) is 3.20. The number of benzene rings is 2. The van der Waals surface area contributed by atoms with Gasteiger partial charge in [-0.2, -0.15) is 0 Å². The minimum atomic E-state index is -0.302. The van der Waals surface area contributed by atoms with Crippen molar-refractivity contribution in [2.45, 2.75) is 24.1 Å². The molecule has 0 fully saturated rings. The lowest BCUT2D eigenvalue weighted by molar-refractivity contribution is 0.559. The van der Waals surface area contributed by atoms with Crippen LogP contribution >= 0.6 is 11.8 Å². The molecular formula is C23H24N2O2S. The van der Waals surface area contributed by atoms with Gasteiger partial charge in [-0.25, -0.2) is 4.79 Å². The highest BCUT2D eigenvalue weighted by Crippen LogP contribution is 2.42. The van der Waals surface area contributed by atoms with E-state index in [1.807, 2.05) is 30.3 Å². The predicted molar refractivity (Wildman–Crippen MR) is 120 cm³/mol. The summed E-state index contributed by atoms with van der Waals surface area (Å²) in [7, 11) is 2.07. The van der Waals surface area contributed by atoms with Crippen molar-refractivity contribution < 1.29 is 4.42 Å². The minimum absolute atomic E-state index is 0.164. The van der Waals surface area contributed by atoms with Crippen LogP contribution in [0.25, 0.3) is 17.0 Å². The second-order valence-corrected chi connectivity index (χ2v) is 7.99. The zero-order chi connectivity index (χ0) is 19.7. The van der Waals surface area contributed by atoms with Gasteiger partial charge in [-0.05, 0) is 50.3 Å². The molecular weight excluding hydrogens is 368 g/mol. The molecule has 0 N–H and O–H groups in total. The lowest BCUT2D eigenvalue weighted by Crippen LogP contribution is -2.22. The van der Waals surface area contributed by atoms with Crippen LogP contribution in [0.5, 0.6) is 0 Å². The van der Waals surface area contributed by atoms with Crippen LogP contribution in [0.4, 0.5) is 11.4 Å². The number of anilines is 2. The number of nitrogens with zero attached hydrogens (tertiary/aromatic N) is 2. The first kappa shape index (κ1) is 18.7. The zero-order valence-electron chi connectivity index (χ0n) is 16.4. The number of thioether (sulfide) groups is 1. The molecule has 28 heavy (non-hydrogen) atoms. The summed E-state index contributed by atoms with van der Waals surface area (Å²) in [4.78, 5) is 18.2. The summed E-state index contributed by atoms with van der Waals surface area (Å²) >= 11 is 1.78. The maximum Gasteiger partial charge on any atom is 0.343 e. The Balaban J connectivity index is 1.61. The SMILES string of the molecule is CCN(CC)c1ccc2cc(/C=C/C3Sc4ccccc4N3C)c(=O)oc2c1. The molecule has 0 radical (unpaired) electrons. The van der Waals surface area contributed by atoms with Crippen LogP contribution in [0.15, 0.2) is 68.7 Å². The normalized spacial score (nSPS) is 16.1. The fourth-order valence-electron chi connectivity index (χ4n) is 3.57. The third kappa shape index (κ3) is 3.42. The van der Waals surface area contributed by atoms with E-state index < -0.39 is 0 Å². The summed E-state index contributed by atoms with van der Waals surface area (Å²) in [6, 6.07) is 16.3. The zero-order valence-corrected chi connectivity index (χ0v) is 17.2. The first-order chi connectivity index (χ1) is 13.6. The molecule has 0 aliphatic carbocycles. The Morgan fingerprint density at radius 2 is 1.93 bits per heavy atom. The van der Waals surface area contributed by atoms with Crippen LogP contribution in [0.2, 0.25) is 0 Å². The van der Waals surface area contributed by atoms with E-state index in [4.69, 9.17) is 4.42 Å². The number of rotatable bonds is 5. The van der Waals surface area contributed by atoms with Crippen molar-refractivity contribution in [1.29, 1.82) is 0 Å². The Morgan fingerprint density at radius 1 is 1.14 bits per heavy atom. The number of fused-ring (bicyclic) bond motifs is 2. The summed E-state index contributed by atoms with van der Waals surface area (Å²) in [6.45, 7) is 6.08. The van der Waals surface area contributed by atoms with E-state index in [0.717, 1.165) is 24.2 Å². The Morgan fingerprint density at radius 3 is 2.68 bits per heavy atom. The maximum absolute atomic E-state index is 12.5. The largest absolute Gasteiger partial charge is 0.422 e. The molecule has 0 spiro atoms. The highest BCUT2D eigenvalue weighted by Gasteiger charge is 2.24. The number of hydrogen-bond donors (Lipinski definition) is 0. The number of likely N-dealkylation sites (N-methyl/N-ethyl adjacent to an activating group) is 1. The molecule has 1 aromatic heterocycles. The van der Waals surface area contributed by atoms with Crippen molar-refractivity contribution in [2.24, 2.45) is 0 Å². The number of para-hydroxylation sites is 1. The second-order valence-electron chi connectivity index (χ2n) is 6.83. The van der Waals surface area contributed by atoms with Gasteiger partial charge in [-0.1, -0.05) is 30.0 Å². The Labute approximate surface area is 169 Å². The van der Waals surface area contributed by atoms with E-state index >= 15 is 0 Å². The van der Waals surface area contributed by atoms with E-state index in [2.05, 4.69) is 61.0 Å². The van der Waals surface area contributed by atoms with Gasteiger partial charge in [0.2, 0.25) is 0 Å². The fraction of sp³-hybridized carbons (Fsp3) is 0.261. The third-order valence-electron chi connectivity index (χ3n) is 5.19. The highest BCUT2D eigenvalue weighted by atomic mass is 32.2. The third-order valence-corrected chi connectivity index (χ3v) is 6.50. The van der Waals surface area contributed by atoms with Crippen molar-refractivity contribution in [3.05, 3.63) is 70.6 Å². The monoisotopic (exact) mass is 392 g/mol. The molecule has 0 bridgehead atoms. The van der Waals surface area contributed by atoms with Gasteiger partial charge < -0.3 is 14.2 Å². The van der Waals surface area contributed by atoms with Gasteiger partial charge >= 0.3 is 5.63 Å². The summed E-state index contributed by atoms with van der Waals surface area (Å²) < 4.78 is 5.62. The van der Waals surface area contributed by atoms with Crippen molar-refractivity contribution in [3.8, 4) is 0 Å². The summed E-state index contributed by atoms with van der Waals surface area (Å²) in [6.07, 6.45) is 3.94. The molecule has 4 rings (SSSR count). The van der Waals surface area contributed by atoms with Crippen molar-refractivity contribution >= 4 is 40.2 Å². The Bertz CT molecular complexity index is 1090. The van der Waals surface area contributed by atoms with Gasteiger partial charge in [-0.15, -0.1) is 0 Å². The molecule has 1 aliphatic rings. The molecule has 4 nitrogen and oxygen atoms in total. The summed E-state index contributed by atoms with van der Waals surface area (Å²) in [5.74, 6) is 0. The minimum Gasteiger partial charge on any atom is -0.422 e. The van der Waals surface area contributed by atoms with Crippen LogP contribution < -0.4 is 15.4 Å². The van der Waals surface area contributed by atoms with E-state index in [-0.39, 0.29) is 11.0 Å². The maximum atomic E-state index is 12.5. The van der Waals surface area contributed by atoms with Gasteiger partial charge in [-0.3, -0.25) is 0 Å². The van der Waals surface area contributed by atoms with Crippen LogP contribution in [-0.4, -0.2) is 25.5 Å². The summed E-state index contributed by atoms with van der Waals surface area (Å²) in [5, 5.41) is 1.10. The fourth-order valence-corrected chi connectivity index (χ4v) is 4.75. The van der Waals surface area contributed by atoms with Gasteiger partial charge in [0.05, 0.1) is 16.6 Å². The first-order valence-corrected chi connectivity index (χ1v) is 10.5. The molecule has 144 valence electrons. The van der Waals surface area contributed by atoms with Crippen LogP contribution in [0, 0.1) is 0 Å². The quantitative estimate of drug-likeness (QED) is 0.556. The van der Waals surface area contributed by atoms with Crippen molar-refractivity contribution in [3.63, 3.8) is 0 Å². The molecule has 0 amide bonds. The molecule has 3 aromatic rings. The van der Waals surface area contributed by atoms with Crippen LogP contribution in [0.1, 0.15) is 19.4 Å². The van der Waals surface area contributed by atoms with E-state index in [0.29, 0.717) is 11.1 Å². The van der Waals surface area contributed by atoms with E-state index in [9.17, 15) is 4.79 Å². The standard InChI is InChI=1S/C23H24N2O2S/c1-4-25(5-2)18-12-10-16-14-17(23(26)27-20(16)15-18)11-13-22-24(3)19-8-6-7-9-21(19)28-22/h6-15,22H,4-5H2,1-3H3/b13-11+. The molecule has 0 saturated heterocycles. The molecule has 1 unspecified atom stereocenters. The van der Waals surface area contributed by atoms with Gasteiger partial charge in [0.1, 0.15) is 5.58 Å². The second kappa shape index (κ2) is 7.76. The molecule has 5 heteroatoms. The topological polar surface area (TPSA) is 36.7 Å². The van der Waals surface area contributed by atoms with Crippen molar-refractivity contribution in [2.75, 3.05) is 29.9 Å². The molecule has 2 heterocycles. The molecule has 1 atom stereocenters. The van der Waals surface area contributed by atoms with E-state index in [1.54, 1.807) is 11.8 Å². The average Bonchev–Trinajstić information content (AvgIpc) is 3.03. The van der Waals surface area contributed by atoms with Crippen molar-refractivity contribution in [1.82, 2.24) is 0 Å². The Hall–Kier alpha value is -2.66. The Kier molecular flexibility index (Phi) is 5.18. The van der Waals surface area contributed by atoms with Crippen LogP contribution in [-0.2, 0) is 0 Å². The first-order valence-electron chi connectivity index (χ1n) is 9.60.